The largest absolute Gasteiger partial charge is 0.334 e. The predicted octanol–water partition coefficient (Wildman–Crippen LogP) is 2.82. The number of hydrogen-bond donors (Lipinski definition) is 0. The van der Waals surface area contributed by atoms with E-state index in [1.807, 2.05) is 32.2 Å². The first kappa shape index (κ1) is 12.7. The highest BCUT2D eigenvalue weighted by Crippen LogP contribution is 2.19. The molecule has 16 heavy (non-hydrogen) atoms. The molecular formula is C12H16N2OS. The summed E-state index contributed by atoms with van der Waals surface area (Å²) in [6.45, 7) is 6.38. The van der Waals surface area contributed by atoms with Gasteiger partial charge in [-0.25, -0.2) is 0 Å². The summed E-state index contributed by atoms with van der Waals surface area (Å²) in [5, 5.41) is 10.5. The zero-order valence-corrected chi connectivity index (χ0v) is 10.7. The van der Waals surface area contributed by atoms with E-state index >= 15 is 0 Å². The first-order valence-electron chi connectivity index (χ1n) is 5.30. The number of carbonyl (C=O) groups excluding carboxylic acids is 1. The van der Waals surface area contributed by atoms with Gasteiger partial charge >= 0.3 is 0 Å². The molecule has 0 unspecified atom stereocenters. The van der Waals surface area contributed by atoms with Gasteiger partial charge in [0, 0.05) is 12.6 Å². The van der Waals surface area contributed by atoms with Gasteiger partial charge in [0.1, 0.15) is 0 Å². The van der Waals surface area contributed by atoms with Crippen molar-refractivity contribution in [3.63, 3.8) is 0 Å². The van der Waals surface area contributed by atoms with Crippen LogP contribution in [0.4, 0.5) is 0 Å². The zero-order valence-electron chi connectivity index (χ0n) is 9.86. The van der Waals surface area contributed by atoms with E-state index in [1.54, 1.807) is 4.90 Å². The van der Waals surface area contributed by atoms with Crippen LogP contribution >= 0.6 is 11.3 Å². The second kappa shape index (κ2) is 5.66. The minimum absolute atomic E-state index is 0.0396. The molecule has 0 N–H and O–H groups in total. The van der Waals surface area contributed by atoms with E-state index in [4.69, 9.17) is 5.26 Å². The molecule has 1 aromatic rings. The lowest BCUT2D eigenvalue weighted by atomic mass is 10.2. The highest BCUT2D eigenvalue weighted by molar-refractivity contribution is 7.12. The van der Waals surface area contributed by atoms with Gasteiger partial charge in [0.05, 0.1) is 17.4 Å². The molecule has 0 saturated heterocycles. The van der Waals surface area contributed by atoms with Crippen LogP contribution in [0.15, 0.2) is 11.4 Å². The van der Waals surface area contributed by atoms with Crippen molar-refractivity contribution in [3.05, 3.63) is 21.9 Å². The fraction of sp³-hybridized carbons (Fsp3) is 0.500. The lowest BCUT2D eigenvalue weighted by molar-refractivity contribution is 0.0714. The summed E-state index contributed by atoms with van der Waals surface area (Å²) in [5.41, 5.74) is 1.01. The van der Waals surface area contributed by atoms with Crippen LogP contribution in [0, 0.1) is 18.3 Å². The molecule has 0 aliphatic heterocycles. The summed E-state index contributed by atoms with van der Waals surface area (Å²) < 4.78 is 0. The third-order valence-electron chi connectivity index (χ3n) is 2.41. The van der Waals surface area contributed by atoms with Crippen LogP contribution in [0.1, 0.15) is 35.5 Å². The molecule has 0 saturated carbocycles. The molecule has 0 fully saturated rings. The molecule has 0 aliphatic carbocycles. The molecule has 1 heterocycles. The van der Waals surface area contributed by atoms with Crippen molar-refractivity contribution in [2.24, 2.45) is 0 Å². The van der Waals surface area contributed by atoms with Crippen molar-refractivity contribution in [3.8, 4) is 6.07 Å². The van der Waals surface area contributed by atoms with Gasteiger partial charge in [-0.1, -0.05) is 0 Å². The molecule has 86 valence electrons. The van der Waals surface area contributed by atoms with Crippen molar-refractivity contribution in [2.45, 2.75) is 33.2 Å². The Hall–Kier alpha value is -1.34. The second-order valence-corrected chi connectivity index (χ2v) is 4.85. The molecular weight excluding hydrogens is 220 g/mol. The summed E-state index contributed by atoms with van der Waals surface area (Å²) in [7, 11) is 0. The molecule has 0 spiro atoms. The van der Waals surface area contributed by atoms with Gasteiger partial charge in [-0.15, -0.1) is 11.3 Å². The number of amides is 1. The van der Waals surface area contributed by atoms with Crippen LogP contribution in [0.2, 0.25) is 0 Å². The third-order valence-corrected chi connectivity index (χ3v) is 3.41. The number of thiophene rings is 1. The Kier molecular flexibility index (Phi) is 4.51. The lowest BCUT2D eigenvalue weighted by Gasteiger charge is -2.25. The minimum Gasteiger partial charge on any atom is -0.334 e. The van der Waals surface area contributed by atoms with Gasteiger partial charge in [0.2, 0.25) is 0 Å². The topological polar surface area (TPSA) is 44.1 Å². The summed E-state index contributed by atoms with van der Waals surface area (Å²) in [5.74, 6) is 0.0396. The highest BCUT2D eigenvalue weighted by atomic mass is 32.1. The van der Waals surface area contributed by atoms with Gasteiger partial charge in [-0.2, -0.15) is 5.26 Å². The Morgan fingerprint density at radius 1 is 1.62 bits per heavy atom. The zero-order chi connectivity index (χ0) is 12.1. The van der Waals surface area contributed by atoms with Crippen molar-refractivity contribution >= 4 is 17.2 Å². The van der Waals surface area contributed by atoms with Crippen LogP contribution in [0.25, 0.3) is 0 Å². The van der Waals surface area contributed by atoms with E-state index in [9.17, 15) is 4.79 Å². The fourth-order valence-electron chi connectivity index (χ4n) is 1.49. The quantitative estimate of drug-likeness (QED) is 0.806. The molecule has 0 aliphatic rings. The molecule has 0 aromatic carbocycles. The number of carbonyl (C=O) groups is 1. The predicted molar refractivity (Wildman–Crippen MR) is 65.5 cm³/mol. The molecule has 1 amide bonds. The lowest BCUT2D eigenvalue weighted by Crippen LogP contribution is -2.37. The first-order valence-corrected chi connectivity index (χ1v) is 6.18. The fourth-order valence-corrected chi connectivity index (χ4v) is 2.37. The van der Waals surface area contributed by atoms with Gasteiger partial charge in [-0.3, -0.25) is 4.79 Å². The normalized spacial score (nSPS) is 10.2. The highest BCUT2D eigenvalue weighted by Gasteiger charge is 2.20. The van der Waals surface area contributed by atoms with Crippen molar-refractivity contribution in [1.82, 2.24) is 4.90 Å². The van der Waals surface area contributed by atoms with Crippen LogP contribution in [-0.2, 0) is 0 Å². The average Bonchev–Trinajstić information content (AvgIpc) is 2.64. The Morgan fingerprint density at radius 2 is 2.31 bits per heavy atom. The molecule has 0 radical (unpaired) electrons. The second-order valence-electron chi connectivity index (χ2n) is 3.93. The van der Waals surface area contributed by atoms with E-state index in [0.29, 0.717) is 13.0 Å². The van der Waals surface area contributed by atoms with Crippen molar-refractivity contribution < 1.29 is 4.79 Å². The van der Waals surface area contributed by atoms with Gasteiger partial charge < -0.3 is 4.90 Å². The molecule has 3 nitrogen and oxygen atoms in total. The van der Waals surface area contributed by atoms with E-state index in [1.165, 1.54) is 11.3 Å². The standard InChI is InChI=1S/C12H16N2OS/c1-9(2)14(7-4-6-13)12(15)11-10(3)5-8-16-11/h5,8-9H,4,7H2,1-3H3. The third kappa shape index (κ3) is 2.83. The Morgan fingerprint density at radius 3 is 2.75 bits per heavy atom. The maximum Gasteiger partial charge on any atom is 0.264 e. The number of hydrogen-bond acceptors (Lipinski definition) is 3. The van der Waals surface area contributed by atoms with Crippen LogP contribution in [-0.4, -0.2) is 23.4 Å². The van der Waals surface area contributed by atoms with E-state index in [2.05, 4.69) is 6.07 Å². The SMILES string of the molecule is Cc1ccsc1C(=O)N(CCC#N)C(C)C. The molecule has 0 bridgehead atoms. The van der Waals surface area contributed by atoms with Crippen LogP contribution in [0.5, 0.6) is 0 Å². The summed E-state index contributed by atoms with van der Waals surface area (Å²) in [6, 6.07) is 4.15. The van der Waals surface area contributed by atoms with Crippen molar-refractivity contribution in [2.75, 3.05) is 6.54 Å². The maximum atomic E-state index is 12.2. The number of nitrogens with zero attached hydrogens (tertiary/aromatic N) is 2. The number of rotatable bonds is 4. The molecule has 0 atom stereocenters. The summed E-state index contributed by atoms with van der Waals surface area (Å²) >= 11 is 1.46. The average molecular weight is 236 g/mol. The van der Waals surface area contributed by atoms with Gasteiger partial charge in [-0.05, 0) is 37.8 Å². The van der Waals surface area contributed by atoms with E-state index in [0.717, 1.165) is 10.4 Å². The Bertz CT molecular complexity index is 403. The summed E-state index contributed by atoms with van der Waals surface area (Å²) in [4.78, 5) is 14.7. The number of aryl methyl sites for hydroxylation is 1. The molecule has 1 rings (SSSR count). The monoisotopic (exact) mass is 236 g/mol. The molecule has 1 aromatic heterocycles. The smallest absolute Gasteiger partial charge is 0.264 e. The van der Waals surface area contributed by atoms with Crippen LogP contribution in [0.3, 0.4) is 0 Å². The molecule has 4 heteroatoms. The Balaban J connectivity index is 2.84. The minimum atomic E-state index is 0.0396. The summed E-state index contributed by atoms with van der Waals surface area (Å²) in [6.07, 6.45) is 0.383. The van der Waals surface area contributed by atoms with Crippen LogP contribution < -0.4 is 0 Å². The Labute approximate surface area is 100 Å². The maximum absolute atomic E-state index is 12.2. The van der Waals surface area contributed by atoms with Crippen molar-refractivity contribution in [1.29, 1.82) is 5.26 Å². The first-order chi connectivity index (χ1) is 7.57. The number of nitriles is 1. The van der Waals surface area contributed by atoms with Gasteiger partial charge in [0.25, 0.3) is 5.91 Å². The van der Waals surface area contributed by atoms with E-state index < -0.39 is 0 Å². The van der Waals surface area contributed by atoms with E-state index in [-0.39, 0.29) is 11.9 Å². The van der Waals surface area contributed by atoms with Gasteiger partial charge in [0.15, 0.2) is 0 Å².